The van der Waals surface area contributed by atoms with Crippen molar-refractivity contribution in [3.63, 3.8) is 0 Å². The van der Waals surface area contributed by atoms with E-state index in [1.807, 2.05) is 11.9 Å². The molecule has 5 heteroatoms. The second kappa shape index (κ2) is 4.56. The minimum Gasteiger partial charge on any atom is -0.369 e. The van der Waals surface area contributed by atoms with Crippen LogP contribution in [0.4, 0.5) is 18.9 Å². The van der Waals surface area contributed by atoms with E-state index >= 15 is 0 Å². The number of hydrogen-bond donors (Lipinski definition) is 0. The standard InChI is InChI=1S/C12H15F3N2/c1-16-5-7-17(8-6-16)11-4-2-3-10(9-11)12(13,14)15/h2-4,9H,5-8H2,1H3. The molecule has 1 saturated heterocycles. The maximum atomic E-state index is 12.6. The first kappa shape index (κ1) is 12.2. The van der Waals surface area contributed by atoms with Gasteiger partial charge in [0.15, 0.2) is 0 Å². The van der Waals surface area contributed by atoms with Gasteiger partial charge in [0, 0.05) is 31.9 Å². The Labute approximate surface area is 98.6 Å². The molecule has 2 nitrogen and oxygen atoms in total. The number of rotatable bonds is 1. The van der Waals surface area contributed by atoms with E-state index in [-0.39, 0.29) is 0 Å². The van der Waals surface area contributed by atoms with Crippen molar-refractivity contribution < 1.29 is 13.2 Å². The second-order valence-electron chi connectivity index (χ2n) is 4.34. The number of alkyl halides is 3. The Morgan fingerprint density at radius 2 is 1.71 bits per heavy atom. The summed E-state index contributed by atoms with van der Waals surface area (Å²) in [5, 5.41) is 0. The van der Waals surface area contributed by atoms with Gasteiger partial charge in [0.05, 0.1) is 5.56 Å². The topological polar surface area (TPSA) is 6.48 Å². The normalized spacial score (nSPS) is 18.5. The summed E-state index contributed by atoms with van der Waals surface area (Å²) < 4.78 is 37.7. The largest absolute Gasteiger partial charge is 0.416 e. The molecular formula is C12H15F3N2. The third-order valence-corrected chi connectivity index (χ3v) is 3.04. The molecule has 0 amide bonds. The van der Waals surface area contributed by atoms with E-state index in [1.54, 1.807) is 6.07 Å². The lowest BCUT2D eigenvalue weighted by molar-refractivity contribution is -0.137. The first-order chi connectivity index (χ1) is 7.97. The molecule has 0 N–H and O–H groups in total. The van der Waals surface area contributed by atoms with Crippen molar-refractivity contribution in [2.45, 2.75) is 6.18 Å². The lowest BCUT2D eigenvalue weighted by Crippen LogP contribution is -2.44. The first-order valence-corrected chi connectivity index (χ1v) is 5.57. The van der Waals surface area contributed by atoms with Crippen LogP contribution in [0.25, 0.3) is 0 Å². The van der Waals surface area contributed by atoms with E-state index < -0.39 is 11.7 Å². The van der Waals surface area contributed by atoms with Crippen molar-refractivity contribution >= 4 is 5.69 Å². The van der Waals surface area contributed by atoms with E-state index in [4.69, 9.17) is 0 Å². The third kappa shape index (κ3) is 2.91. The van der Waals surface area contributed by atoms with Gasteiger partial charge in [-0.2, -0.15) is 13.2 Å². The molecule has 0 unspecified atom stereocenters. The summed E-state index contributed by atoms with van der Waals surface area (Å²) in [4.78, 5) is 4.17. The van der Waals surface area contributed by atoms with E-state index in [2.05, 4.69) is 4.90 Å². The Morgan fingerprint density at radius 1 is 1.06 bits per heavy atom. The summed E-state index contributed by atoms with van der Waals surface area (Å²) >= 11 is 0. The van der Waals surface area contributed by atoms with Gasteiger partial charge in [0.1, 0.15) is 0 Å². The summed E-state index contributed by atoms with van der Waals surface area (Å²) in [5.41, 5.74) is 0.0850. The Hall–Kier alpha value is -1.23. The molecule has 0 atom stereocenters. The molecular weight excluding hydrogens is 229 g/mol. The highest BCUT2D eigenvalue weighted by Crippen LogP contribution is 2.31. The van der Waals surface area contributed by atoms with Gasteiger partial charge >= 0.3 is 6.18 Å². The number of benzene rings is 1. The molecule has 2 rings (SSSR count). The van der Waals surface area contributed by atoms with Crippen molar-refractivity contribution in [1.82, 2.24) is 4.90 Å². The van der Waals surface area contributed by atoms with Crippen LogP contribution in [-0.2, 0) is 6.18 Å². The molecule has 1 heterocycles. The molecule has 1 aliphatic rings. The van der Waals surface area contributed by atoms with E-state index in [9.17, 15) is 13.2 Å². The highest BCUT2D eigenvalue weighted by atomic mass is 19.4. The zero-order valence-electron chi connectivity index (χ0n) is 9.67. The van der Waals surface area contributed by atoms with Crippen molar-refractivity contribution in [3.8, 4) is 0 Å². The molecule has 94 valence electrons. The Kier molecular flexibility index (Phi) is 3.28. The Balaban J connectivity index is 2.16. The smallest absolute Gasteiger partial charge is 0.369 e. The van der Waals surface area contributed by atoms with Crippen LogP contribution in [0.5, 0.6) is 0 Å². The van der Waals surface area contributed by atoms with Gasteiger partial charge in [-0.3, -0.25) is 0 Å². The number of anilines is 1. The summed E-state index contributed by atoms with van der Waals surface area (Å²) in [7, 11) is 2.02. The van der Waals surface area contributed by atoms with Crippen LogP contribution in [0.2, 0.25) is 0 Å². The number of hydrogen-bond acceptors (Lipinski definition) is 2. The van der Waals surface area contributed by atoms with Gasteiger partial charge in [0.25, 0.3) is 0 Å². The summed E-state index contributed by atoms with van der Waals surface area (Å²) in [5.74, 6) is 0. The predicted octanol–water partition coefficient (Wildman–Crippen LogP) is 2.46. The average Bonchev–Trinajstić information content (AvgIpc) is 2.29. The van der Waals surface area contributed by atoms with Gasteiger partial charge in [-0.1, -0.05) is 6.07 Å². The average molecular weight is 244 g/mol. The lowest BCUT2D eigenvalue weighted by Gasteiger charge is -2.34. The highest BCUT2D eigenvalue weighted by Gasteiger charge is 2.30. The van der Waals surface area contributed by atoms with Gasteiger partial charge in [-0.25, -0.2) is 0 Å². The number of likely N-dealkylation sites (N-methyl/N-ethyl adjacent to an activating group) is 1. The van der Waals surface area contributed by atoms with Crippen LogP contribution in [0.1, 0.15) is 5.56 Å². The SMILES string of the molecule is CN1CCN(c2cccc(C(F)(F)F)c2)CC1. The molecule has 0 spiro atoms. The van der Waals surface area contributed by atoms with Crippen LogP contribution in [0.3, 0.4) is 0 Å². The molecule has 0 bridgehead atoms. The maximum Gasteiger partial charge on any atom is 0.416 e. The van der Waals surface area contributed by atoms with Gasteiger partial charge in [0.2, 0.25) is 0 Å². The third-order valence-electron chi connectivity index (χ3n) is 3.04. The molecule has 0 radical (unpaired) electrons. The zero-order valence-corrected chi connectivity index (χ0v) is 9.67. The van der Waals surface area contributed by atoms with E-state index in [1.165, 1.54) is 12.1 Å². The van der Waals surface area contributed by atoms with Crippen LogP contribution in [0.15, 0.2) is 24.3 Å². The lowest BCUT2D eigenvalue weighted by atomic mass is 10.1. The van der Waals surface area contributed by atoms with Gasteiger partial charge in [-0.05, 0) is 25.2 Å². The van der Waals surface area contributed by atoms with Crippen molar-refractivity contribution in [2.24, 2.45) is 0 Å². The van der Waals surface area contributed by atoms with E-state index in [0.717, 1.165) is 32.2 Å². The minimum absolute atomic E-state index is 0.575. The second-order valence-corrected chi connectivity index (χ2v) is 4.34. The molecule has 17 heavy (non-hydrogen) atoms. The Bertz CT molecular complexity index is 382. The monoisotopic (exact) mass is 244 g/mol. The molecule has 1 aromatic carbocycles. The number of halogens is 3. The Morgan fingerprint density at radius 3 is 2.29 bits per heavy atom. The van der Waals surface area contributed by atoms with E-state index in [0.29, 0.717) is 5.69 Å². The quantitative estimate of drug-likeness (QED) is 0.748. The molecule has 0 aromatic heterocycles. The summed E-state index contributed by atoms with van der Waals surface area (Å²) in [6.45, 7) is 3.32. The zero-order chi connectivity index (χ0) is 12.5. The van der Waals surface area contributed by atoms with Crippen molar-refractivity contribution in [1.29, 1.82) is 0 Å². The van der Waals surface area contributed by atoms with Crippen LogP contribution in [0, 0.1) is 0 Å². The number of piperazine rings is 1. The summed E-state index contributed by atoms with van der Waals surface area (Å²) in [6, 6.07) is 5.54. The summed E-state index contributed by atoms with van der Waals surface area (Å²) in [6.07, 6.45) is -4.26. The predicted molar refractivity (Wildman–Crippen MR) is 61.2 cm³/mol. The van der Waals surface area contributed by atoms with Crippen molar-refractivity contribution in [3.05, 3.63) is 29.8 Å². The first-order valence-electron chi connectivity index (χ1n) is 5.57. The highest BCUT2D eigenvalue weighted by molar-refractivity contribution is 5.49. The fourth-order valence-electron chi connectivity index (χ4n) is 1.94. The number of nitrogens with zero attached hydrogens (tertiary/aromatic N) is 2. The van der Waals surface area contributed by atoms with Crippen LogP contribution < -0.4 is 4.90 Å². The fraction of sp³-hybridized carbons (Fsp3) is 0.500. The molecule has 1 aliphatic heterocycles. The maximum absolute atomic E-state index is 12.6. The van der Waals surface area contributed by atoms with Gasteiger partial charge in [-0.15, -0.1) is 0 Å². The molecule has 1 aromatic rings. The molecule has 1 fully saturated rings. The molecule has 0 saturated carbocycles. The van der Waals surface area contributed by atoms with Gasteiger partial charge < -0.3 is 9.80 Å². The molecule has 0 aliphatic carbocycles. The fourth-order valence-corrected chi connectivity index (χ4v) is 1.94. The van der Waals surface area contributed by atoms with Crippen molar-refractivity contribution in [2.75, 3.05) is 38.1 Å². The van der Waals surface area contributed by atoms with Crippen LogP contribution >= 0.6 is 0 Å². The van der Waals surface area contributed by atoms with Crippen LogP contribution in [-0.4, -0.2) is 38.1 Å². The minimum atomic E-state index is -4.26.